The number of nitrogens with one attached hydrogen (secondary N) is 1. The van der Waals surface area contributed by atoms with E-state index in [4.69, 9.17) is 4.74 Å². The highest BCUT2D eigenvalue weighted by Gasteiger charge is 2.31. The van der Waals surface area contributed by atoms with Gasteiger partial charge >= 0.3 is 0 Å². The molecule has 0 aromatic carbocycles. The lowest BCUT2D eigenvalue weighted by molar-refractivity contribution is -0.0749. The summed E-state index contributed by atoms with van der Waals surface area (Å²) in [6.45, 7) is 11.4. The Labute approximate surface area is 116 Å². The quantitative estimate of drug-likeness (QED) is 0.906. The van der Waals surface area contributed by atoms with Crippen LogP contribution in [0, 0.1) is 0 Å². The lowest BCUT2D eigenvalue weighted by Gasteiger charge is -2.42. The van der Waals surface area contributed by atoms with Gasteiger partial charge in [0.05, 0.1) is 35.5 Å². The van der Waals surface area contributed by atoms with Crippen LogP contribution in [0.25, 0.3) is 0 Å². The maximum atomic E-state index is 5.94. The third kappa shape index (κ3) is 3.83. The first kappa shape index (κ1) is 14.1. The molecule has 1 saturated heterocycles. The number of hydrogen-bond acceptors (Lipinski definition) is 4. The van der Waals surface area contributed by atoms with Crippen LogP contribution in [0.3, 0.4) is 0 Å². The van der Waals surface area contributed by atoms with Gasteiger partial charge in [0.1, 0.15) is 0 Å². The molecule has 4 heteroatoms. The zero-order valence-corrected chi connectivity index (χ0v) is 12.4. The minimum Gasteiger partial charge on any atom is -0.384 e. The van der Waals surface area contributed by atoms with Gasteiger partial charge in [-0.1, -0.05) is 6.92 Å². The van der Waals surface area contributed by atoms with E-state index >= 15 is 0 Å². The molecule has 2 heterocycles. The molecule has 1 aromatic rings. The Bertz CT molecular complexity index is 420. The molecular weight excluding hydrogens is 238 g/mol. The number of aromatic nitrogens is 1. The van der Waals surface area contributed by atoms with Gasteiger partial charge in [-0.05, 0) is 33.3 Å². The van der Waals surface area contributed by atoms with E-state index in [0.717, 1.165) is 31.7 Å². The van der Waals surface area contributed by atoms with Gasteiger partial charge in [-0.3, -0.25) is 4.98 Å². The van der Waals surface area contributed by atoms with Crippen LogP contribution in [0.2, 0.25) is 0 Å². The van der Waals surface area contributed by atoms with Crippen LogP contribution in [0.5, 0.6) is 0 Å². The lowest BCUT2D eigenvalue weighted by Crippen LogP contribution is -2.52. The topological polar surface area (TPSA) is 37.4 Å². The molecule has 0 aliphatic carbocycles. The first-order valence-electron chi connectivity index (χ1n) is 7.12. The highest BCUT2D eigenvalue weighted by Crippen LogP contribution is 2.26. The fraction of sp³-hybridized carbons (Fsp3) is 0.667. The molecule has 0 radical (unpaired) electrons. The zero-order chi connectivity index (χ0) is 13.9. The van der Waals surface area contributed by atoms with Gasteiger partial charge in [-0.25, -0.2) is 0 Å². The van der Waals surface area contributed by atoms with Crippen molar-refractivity contribution in [3.8, 4) is 0 Å². The minimum atomic E-state index is -0.107. The van der Waals surface area contributed by atoms with Gasteiger partial charge in [-0.15, -0.1) is 0 Å². The van der Waals surface area contributed by atoms with Crippen molar-refractivity contribution in [2.75, 3.05) is 29.9 Å². The Kier molecular flexibility index (Phi) is 4.30. The molecule has 1 atom stereocenters. The third-order valence-corrected chi connectivity index (χ3v) is 3.24. The van der Waals surface area contributed by atoms with Crippen LogP contribution in [-0.2, 0) is 4.74 Å². The Morgan fingerprint density at radius 3 is 2.95 bits per heavy atom. The summed E-state index contributed by atoms with van der Waals surface area (Å²) in [5, 5.41) is 3.39. The summed E-state index contributed by atoms with van der Waals surface area (Å²) in [5.41, 5.74) is 2.16. The molecular formula is C15H25N3O. The SMILES string of the molecule is CCCNc1cncc(N2CC(C)OC(C)(C)C2)c1. The van der Waals surface area contributed by atoms with Crippen molar-refractivity contribution >= 4 is 11.4 Å². The second kappa shape index (κ2) is 5.78. The van der Waals surface area contributed by atoms with E-state index in [2.05, 4.69) is 49.0 Å². The van der Waals surface area contributed by atoms with Crippen LogP contribution in [0.4, 0.5) is 11.4 Å². The first-order valence-corrected chi connectivity index (χ1v) is 7.12. The number of anilines is 2. The fourth-order valence-electron chi connectivity index (χ4n) is 2.62. The van der Waals surface area contributed by atoms with Gasteiger partial charge in [0, 0.05) is 19.6 Å². The van der Waals surface area contributed by atoms with E-state index < -0.39 is 0 Å². The van der Waals surface area contributed by atoms with Crippen molar-refractivity contribution in [1.29, 1.82) is 0 Å². The number of ether oxygens (including phenoxy) is 1. The zero-order valence-electron chi connectivity index (χ0n) is 12.4. The molecule has 4 nitrogen and oxygen atoms in total. The van der Waals surface area contributed by atoms with E-state index in [0.29, 0.717) is 0 Å². The Morgan fingerprint density at radius 2 is 2.26 bits per heavy atom. The van der Waals surface area contributed by atoms with Crippen molar-refractivity contribution < 1.29 is 4.74 Å². The molecule has 19 heavy (non-hydrogen) atoms. The number of nitrogens with zero attached hydrogens (tertiary/aromatic N) is 2. The largest absolute Gasteiger partial charge is 0.384 e. The van der Waals surface area contributed by atoms with E-state index in [-0.39, 0.29) is 11.7 Å². The fourth-order valence-corrected chi connectivity index (χ4v) is 2.62. The van der Waals surface area contributed by atoms with Crippen molar-refractivity contribution in [2.24, 2.45) is 0 Å². The molecule has 1 unspecified atom stereocenters. The van der Waals surface area contributed by atoms with Crippen LogP contribution in [-0.4, -0.2) is 36.3 Å². The predicted molar refractivity (Wildman–Crippen MR) is 79.9 cm³/mol. The van der Waals surface area contributed by atoms with Crippen LogP contribution in [0.15, 0.2) is 18.5 Å². The monoisotopic (exact) mass is 263 g/mol. The first-order chi connectivity index (χ1) is 9.00. The second-order valence-electron chi connectivity index (χ2n) is 5.93. The van der Waals surface area contributed by atoms with Crippen molar-refractivity contribution in [3.05, 3.63) is 18.5 Å². The summed E-state index contributed by atoms with van der Waals surface area (Å²) in [5.74, 6) is 0. The van der Waals surface area contributed by atoms with E-state index in [1.165, 1.54) is 5.69 Å². The lowest BCUT2D eigenvalue weighted by atomic mass is 10.1. The molecule has 0 spiro atoms. The number of morpholine rings is 1. The van der Waals surface area contributed by atoms with Gasteiger partial charge in [0.15, 0.2) is 0 Å². The van der Waals surface area contributed by atoms with Crippen molar-refractivity contribution in [1.82, 2.24) is 4.98 Å². The average molecular weight is 263 g/mol. The van der Waals surface area contributed by atoms with Gasteiger partial charge in [-0.2, -0.15) is 0 Å². The molecule has 0 bridgehead atoms. The second-order valence-corrected chi connectivity index (χ2v) is 5.93. The summed E-state index contributed by atoms with van der Waals surface area (Å²) < 4.78 is 5.94. The number of hydrogen-bond donors (Lipinski definition) is 1. The molecule has 1 N–H and O–H groups in total. The molecule has 1 aliphatic rings. The summed E-state index contributed by atoms with van der Waals surface area (Å²) in [6.07, 6.45) is 5.18. The predicted octanol–water partition coefficient (Wildman–Crippen LogP) is 2.91. The van der Waals surface area contributed by atoms with Crippen LogP contribution >= 0.6 is 0 Å². The average Bonchev–Trinajstić information content (AvgIpc) is 2.34. The summed E-state index contributed by atoms with van der Waals surface area (Å²) in [7, 11) is 0. The highest BCUT2D eigenvalue weighted by molar-refractivity contribution is 5.56. The molecule has 0 saturated carbocycles. The molecule has 106 valence electrons. The molecule has 1 aliphatic heterocycles. The van der Waals surface area contributed by atoms with Gasteiger partial charge < -0.3 is 15.0 Å². The van der Waals surface area contributed by atoms with Gasteiger partial charge in [0.25, 0.3) is 0 Å². The minimum absolute atomic E-state index is 0.107. The van der Waals surface area contributed by atoms with Crippen LogP contribution < -0.4 is 10.2 Å². The number of pyridine rings is 1. The van der Waals surface area contributed by atoms with Crippen molar-refractivity contribution in [3.63, 3.8) is 0 Å². The van der Waals surface area contributed by atoms with Crippen molar-refractivity contribution in [2.45, 2.75) is 45.8 Å². The smallest absolute Gasteiger partial charge is 0.0805 e. The Balaban J connectivity index is 2.12. The van der Waals surface area contributed by atoms with E-state index in [1.807, 2.05) is 12.4 Å². The molecule has 1 fully saturated rings. The number of rotatable bonds is 4. The Morgan fingerprint density at radius 1 is 1.47 bits per heavy atom. The maximum absolute atomic E-state index is 5.94. The molecule has 2 rings (SSSR count). The van der Waals surface area contributed by atoms with E-state index in [1.54, 1.807) is 0 Å². The maximum Gasteiger partial charge on any atom is 0.0805 e. The summed E-state index contributed by atoms with van der Waals surface area (Å²) in [4.78, 5) is 6.70. The molecule has 0 amide bonds. The third-order valence-electron chi connectivity index (χ3n) is 3.24. The normalized spacial score (nSPS) is 22.3. The van der Waals surface area contributed by atoms with Gasteiger partial charge in [0.2, 0.25) is 0 Å². The highest BCUT2D eigenvalue weighted by atomic mass is 16.5. The van der Waals surface area contributed by atoms with Crippen LogP contribution in [0.1, 0.15) is 34.1 Å². The summed E-state index contributed by atoms with van der Waals surface area (Å²) >= 11 is 0. The Hall–Kier alpha value is -1.29. The van der Waals surface area contributed by atoms with E-state index in [9.17, 15) is 0 Å². The standard InChI is InChI=1S/C15H25N3O/c1-5-6-17-13-7-14(9-16-8-13)18-10-12(2)19-15(3,4)11-18/h7-9,12,17H,5-6,10-11H2,1-4H3. The molecule has 1 aromatic heterocycles. The summed E-state index contributed by atoms with van der Waals surface area (Å²) in [6, 6.07) is 2.18.